The number of thiophene rings is 1. The Morgan fingerprint density at radius 1 is 1.62 bits per heavy atom. The van der Waals surface area contributed by atoms with Crippen molar-refractivity contribution in [1.82, 2.24) is 10.2 Å². The summed E-state index contributed by atoms with van der Waals surface area (Å²) in [5, 5.41) is 5.81. The Balaban J connectivity index is 1.78. The molecule has 0 bridgehead atoms. The van der Waals surface area contributed by atoms with E-state index in [1.807, 2.05) is 11.3 Å². The fraction of sp³-hybridized carbons (Fsp3) is 0.667. The smallest absolute Gasteiger partial charge is 0.0302 e. The van der Waals surface area contributed by atoms with Crippen LogP contribution in [0.15, 0.2) is 15.9 Å². The molecule has 2 unspecified atom stereocenters. The van der Waals surface area contributed by atoms with Gasteiger partial charge in [-0.05, 0) is 55.4 Å². The molecular weight excluding hydrogens is 284 g/mol. The Labute approximate surface area is 110 Å². The highest BCUT2D eigenvalue weighted by molar-refractivity contribution is 9.10. The van der Waals surface area contributed by atoms with Gasteiger partial charge in [-0.2, -0.15) is 0 Å². The van der Waals surface area contributed by atoms with Crippen LogP contribution in [-0.2, 0) is 6.54 Å². The molecule has 0 spiro atoms. The highest BCUT2D eigenvalue weighted by Gasteiger charge is 2.22. The zero-order chi connectivity index (χ0) is 11.5. The molecule has 2 heterocycles. The van der Waals surface area contributed by atoms with Crippen LogP contribution >= 0.6 is 27.3 Å². The average Bonchev–Trinajstić information content (AvgIpc) is 2.66. The molecular formula is C12H19BrN2S. The van der Waals surface area contributed by atoms with E-state index in [1.165, 1.54) is 28.7 Å². The van der Waals surface area contributed by atoms with Crippen LogP contribution in [0.1, 0.15) is 24.6 Å². The maximum atomic E-state index is 3.67. The molecule has 0 radical (unpaired) electrons. The standard InChI is InChI=1S/C12H19BrN2S/c1-9-5-11(3-4-15(9)2)14-7-12-6-10(13)8-16-12/h6,8-9,11,14H,3-5,7H2,1-2H3. The summed E-state index contributed by atoms with van der Waals surface area (Å²) < 4.78 is 1.20. The third kappa shape index (κ3) is 3.29. The van der Waals surface area contributed by atoms with Gasteiger partial charge in [-0.3, -0.25) is 0 Å². The molecule has 1 aliphatic rings. The third-order valence-electron chi connectivity index (χ3n) is 3.40. The second-order valence-electron chi connectivity index (χ2n) is 4.66. The second-order valence-corrected chi connectivity index (χ2v) is 6.57. The van der Waals surface area contributed by atoms with Crippen molar-refractivity contribution < 1.29 is 0 Å². The number of hydrogen-bond acceptors (Lipinski definition) is 3. The molecule has 2 atom stereocenters. The Kier molecular flexibility index (Phi) is 4.41. The molecule has 1 fully saturated rings. The molecule has 90 valence electrons. The highest BCUT2D eigenvalue weighted by Crippen LogP contribution is 2.21. The van der Waals surface area contributed by atoms with Crippen LogP contribution in [0.4, 0.5) is 0 Å². The van der Waals surface area contributed by atoms with Gasteiger partial charge in [0, 0.05) is 33.4 Å². The van der Waals surface area contributed by atoms with Gasteiger partial charge in [-0.15, -0.1) is 11.3 Å². The van der Waals surface area contributed by atoms with Gasteiger partial charge < -0.3 is 10.2 Å². The largest absolute Gasteiger partial charge is 0.309 e. The molecule has 1 aromatic heterocycles. The predicted molar refractivity (Wildman–Crippen MR) is 74.0 cm³/mol. The summed E-state index contributed by atoms with van der Waals surface area (Å²) in [6, 6.07) is 3.60. The van der Waals surface area contributed by atoms with Crippen molar-refractivity contribution in [2.24, 2.45) is 0 Å². The van der Waals surface area contributed by atoms with Crippen LogP contribution in [0.5, 0.6) is 0 Å². The zero-order valence-corrected chi connectivity index (χ0v) is 12.3. The van der Waals surface area contributed by atoms with Crippen LogP contribution in [0.2, 0.25) is 0 Å². The number of halogens is 1. The summed E-state index contributed by atoms with van der Waals surface area (Å²) in [6.45, 7) is 4.54. The van der Waals surface area contributed by atoms with Crippen molar-refractivity contribution in [3.05, 3.63) is 20.8 Å². The molecule has 0 aliphatic carbocycles. The molecule has 1 aromatic rings. The number of rotatable bonds is 3. The lowest BCUT2D eigenvalue weighted by molar-refractivity contribution is 0.168. The minimum atomic E-state index is 0.687. The van der Waals surface area contributed by atoms with Crippen molar-refractivity contribution in [3.63, 3.8) is 0 Å². The first-order valence-corrected chi connectivity index (χ1v) is 7.49. The van der Waals surface area contributed by atoms with Gasteiger partial charge in [0.15, 0.2) is 0 Å². The number of hydrogen-bond donors (Lipinski definition) is 1. The van der Waals surface area contributed by atoms with Crippen LogP contribution in [0.25, 0.3) is 0 Å². The summed E-state index contributed by atoms with van der Waals surface area (Å²) in [7, 11) is 2.22. The zero-order valence-electron chi connectivity index (χ0n) is 9.87. The van der Waals surface area contributed by atoms with E-state index in [0.717, 1.165) is 6.54 Å². The minimum absolute atomic E-state index is 0.687. The summed E-state index contributed by atoms with van der Waals surface area (Å²) >= 11 is 5.31. The number of likely N-dealkylation sites (tertiary alicyclic amines) is 1. The quantitative estimate of drug-likeness (QED) is 0.923. The van der Waals surface area contributed by atoms with Gasteiger partial charge >= 0.3 is 0 Å². The van der Waals surface area contributed by atoms with E-state index in [2.05, 4.69) is 51.6 Å². The fourth-order valence-electron chi connectivity index (χ4n) is 2.17. The van der Waals surface area contributed by atoms with Crippen LogP contribution < -0.4 is 5.32 Å². The van der Waals surface area contributed by atoms with Gasteiger partial charge in [0.05, 0.1) is 0 Å². The number of nitrogens with zero attached hydrogens (tertiary/aromatic N) is 1. The van der Waals surface area contributed by atoms with E-state index >= 15 is 0 Å². The van der Waals surface area contributed by atoms with Gasteiger partial charge in [-0.25, -0.2) is 0 Å². The lowest BCUT2D eigenvalue weighted by Crippen LogP contribution is -2.45. The molecule has 0 amide bonds. The summed E-state index contributed by atoms with van der Waals surface area (Å²) in [4.78, 5) is 3.86. The van der Waals surface area contributed by atoms with Crippen molar-refractivity contribution in [2.45, 2.75) is 38.4 Å². The van der Waals surface area contributed by atoms with Gasteiger partial charge in [-0.1, -0.05) is 0 Å². The molecule has 4 heteroatoms. The van der Waals surface area contributed by atoms with E-state index < -0.39 is 0 Å². The lowest BCUT2D eigenvalue weighted by Gasteiger charge is -2.35. The minimum Gasteiger partial charge on any atom is -0.309 e. The van der Waals surface area contributed by atoms with E-state index in [0.29, 0.717) is 12.1 Å². The molecule has 16 heavy (non-hydrogen) atoms. The average molecular weight is 303 g/mol. The number of nitrogens with one attached hydrogen (secondary N) is 1. The molecule has 1 N–H and O–H groups in total. The SMILES string of the molecule is CC1CC(NCc2cc(Br)cs2)CCN1C. The Bertz CT molecular complexity index is 340. The third-order valence-corrected chi connectivity index (χ3v) is 5.09. The van der Waals surface area contributed by atoms with Gasteiger partial charge in [0.1, 0.15) is 0 Å². The Hall–Kier alpha value is 0.1000. The van der Waals surface area contributed by atoms with Crippen molar-refractivity contribution in [2.75, 3.05) is 13.6 Å². The van der Waals surface area contributed by atoms with Crippen LogP contribution in [0, 0.1) is 0 Å². The van der Waals surface area contributed by atoms with E-state index in [4.69, 9.17) is 0 Å². The summed E-state index contributed by atoms with van der Waals surface area (Å²) in [6.07, 6.45) is 2.54. The first-order valence-electron chi connectivity index (χ1n) is 5.81. The van der Waals surface area contributed by atoms with Crippen molar-refractivity contribution in [3.8, 4) is 0 Å². The van der Waals surface area contributed by atoms with Crippen LogP contribution in [-0.4, -0.2) is 30.6 Å². The molecule has 2 rings (SSSR count). The first kappa shape index (κ1) is 12.6. The molecule has 0 saturated carbocycles. The molecule has 1 saturated heterocycles. The van der Waals surface area contributed by atoms with Crippen molar-refractivity contribution in [1.29, 1.82) is 0 Å². The highest BCUT2D eigenvalue weighted by atomic mass is 79.9. The summed E-state index contributed by atoms with van der Waals surface area (Å²) in [5.74, 6) is 0. The maximum Gasteiger partial charge on any atom is 0.0302 e. The fourth-order valence-corrected chi connectivity index (χ4v) is 3.57. The van der Waals surface area contributed by atoms with E-state index in [-0.39, 0.29) is 0 Å². The molecule has 0 aromatic carbocycles. The molecule has 1 aliphatic heterocycles. The Morgan fingerprint density at radius 3 is 3.06 bits per heavy atom. The van der Waals surface area contributed by atoms with Crippen LogP contribution in [0.3, 0.4) is 0 Å². The van der Waals surface area contributed by atoms with E-state index in [1.54, 1.807) is 0 Å². The normalized spacial score (nSPS) is 27.2. The van der Waals surface area contributed by atoms with Gasteiger partial charge in [0.25, 0.3) is 0 Å². The summed E-state index contributed by atoms with van der Waals surface area (Å²) in [5.41, 5.74) is 0. The first-order chi connectivity index (χ1) is 7.65. The van der Waals surface area contributed by atoms with Crippen molar-refractivity contribution >= 4 is 27.3 Å². The van der Waals surface area contributed by atoms with Gasteiger partial charge in [0.2, 0.25) is 0 Å². The predicted octanol–water partition coefficient (Wildman–Crippen LogP) is 3.08. The molecule has 2 nitrogen and oxygen atoms in total. The number of piperidine rings is 1. The monoisotopic (exact) mass is 302 g/mol. The maximum absolute atomic E-state index is 3.67. The lowest BCUT2D eigenvalue weighted by atomic mass is 9.99. The topological polar surface area (TPSA) is 15.3 Å². The second kappa shape index (κ2) is 5.63. The van der Waals surface area contributed by atoms with E-state index in [9.17, 15) is 0 Å². The Morgan fingerprint density at radius 2 is 2.44 bits per heavy atom.